The van der Waals surface area contributed by atoms with E-state index in [1.165, 1.54) is 6.08 Å². The van der Waals surface area contributed by atoms with Gasteiger partial charge in [-0.15, -0.1) is 0 Å². The minimum absolute atomic E-state index is 0.0846. The summed E-state index contributed by atoms with van der Waals surface area (Å²) in [5.41, 5.74) is 2.81. The molecular formula is C30H20Cl4N2O3. The van der Waals surface area contributed by atoms with Crippen LogP contribution in [0.4, 0.5) is 5.69 Å². The van der Waals surface area contributed by atoms with Crippen LogP contribution in [0, 0.1) is 11.3 Å². The first-order valence-electron chi connectivity index (χ1n) is 11.6. The molecular weight excluding hydrogens is 578 g/mol. The highest BCUT2D eigenvalue weighted by atomic mass is 35.5. The maximum Gasteiger partial charge on any atom is 0.266 e. The van der Waals surface area contributed by atoms with E-state index in [9.17, 15) is 10.1 Å². The van der Waals surface area contributed by atoms with Gasteiger partial charge in [0.2, 0.25) is 0 Å². The van der Waals surface area contributed by atoms with Gasteiger partial charge in [0.15, 0.2) is 0 Å². The summed E-state index contributed by atoms with van der Waals surface area (Å²) in [5, 5.41) is 14.2. The molecule has 0 fully saturated rings. The summed E-state index contributed by atoms with van der Waals surface area (Å²) < 4.78 is 11.5. The molecule has 0 aliphatic heterocycles. The van der Waals surface area contributed by atoms with Crippen LogP contribution >= 0.6 is 46.4 Å². The zero-order valence-corrected chi connectivity index (χ0v) is 23.3. The highest BCUT2D eigenvalue weighted by molar-refractivity contribution is 6.42. The van der Waals surface area contributed by atoms with E-state index in [0.717, 1.165) is 11.1 Å². The smallest absolute Gasteiger partial charge is 0.266 e. The van der Waals surface area contributed by atoms with Crippen LogP contribution in [-0.4, -0.2) is 5.91 Å². The Balaban J connectivity index is 1.35. The molecule has 4 aromatic carbocycles. The SMILES string of the molecule is N#C/C(=C\c1ccc(OCc2ccc(Cl)c(Cl)c2)c(Cl)c1)C(=O)Nc1ccc(OCc2ccc(Cl)cc2)cc1. The fourth-order valence-electron chi connectivity index (χ4n) is 3.41. The number of carbonyl (C=O) groups excluding carboxylic acids is 1. The number of rotatable bonds is 9. The number of hydrogen-bond donors (Lipinski definition) is 1. The fourth-order valence-corrected chi connectivity index (χ4v) is 4.10. The van der Waals surface area contributed by atoms with Gasteiger partial charge >= 0.3 is 0 Å². The van der Waals surface area contributed by atoms with Crippen LogP contribution in [0.2, 0.25) is 20.1 Å². The van der Waals surface area contributed by atoms with Crippen LogP contribution in [0.1, 0.15) is 16.7 Å². The molecule has 1 amide bonds. The first-order chi connectivity index (χ1) is 18.8. The Labute approximate surface area is 246 Å². The van der Waals surface area contributed by atoms with Gasteiger partial charge in [0.05, 0.1) is 15.1 Å². The summed E-state index contributed by atoms with van der Waals surface area (Å²) in [7, 11) is 0. The number of hydrogen-bond acceptors (Lipinski definition) is 4. The minimum atomic E-state index is -0.552. The summed E-state index contributed by atoms with van der Waals surface area (Å²) in [4.78, 5) is 12.7. The highest BCUT2D eigenvalue weighted by Crippen LogP contribution is 2.29. The van der Waals surface area contributed by atoms with Crippen molar-refractivity contribution < 1.29 is 14.3 Å². The number of carbonyl (C=O) groups is 1. The molecule has 0 aromatic heterocycles. The molecule has 0 saturated carbocycles. The zero-order chi connectivity index (χ0) is 27.8. The molecule has 0 bridgehead atoms. The van der Waals surface area contributed by atoms with E-state index in [4.69, 9.17) is 55.9 Å². The van der Waals surface area contributed by atoms with Gasteiger partial charge in [0.25, 0.3) is 5.91 Å². The van der Waals surface area contributed by atoms with E-state index in [-0.39, 0.29) is 12.2 Å². The molecule has 0 atom stereocenters. The van der Waals surface area contributed by atoms with Gasteiger partial charge in [-0.2, -0.15) is 5.26 Å². The standard InChI is InChI=1S/C30H20Cl4N2O3/c31-23-5-1-19(2-6-23)17-38-25-9-7-24(8-10-25)36-30(37)22(16-35)13-20-4-12-29(28(34)14-20)39-18-21-3-11-26(32)27(33)15-21/h1-15H,17-18H2,(H,36,37)/b22-13+. The summed E-state index contributed by atoms with van der Waals surface area (Å²) >= 11 is 24.3. The Morgan fingerprint density at radius 1 is 0.769 bits per heavy atom. The maximum absolute atomic E-state index is 12.7. The van der Waals surface area contributed by atoms with Gasteiger partial charge in [-0.05, 0) is 83.4 Å². The molecule has 0 heterocycles. The number of ether oxygens (including phenoxy) is 2. The fraction of sp³-hybridized carbons (Fsp3) is 0.0667. The lowest BCUT2D eigenvalue weighted by molar-refractivity contribution is -0.112. The van der Waals surface area contributed by atoms with Crippen LogP contribution in [0.3, 0.4) is 0 Å². The Hall–Kier alpha value is -3.66. The van der Waals surface area contributed by atoms with Crippen LogP contribution in [-0.2, 0) is 18.0 Å². The van der Waals surface area contributed by atoms with Crippen LogP contribution < -0.4 is 14.8 Å². The third-order valence-electron chi connectivity index (χ3n) is 5.44. The summed E-state index contributed by atoms with van der Waals surface area (Å²) in [6.07, 6.45) is 1.45. The third kappa shape index (κ3) is 8.16. The van der Waals surface area contributed by atoms with Gasteiger partial charge in [-0.25, -0.2) is 0 Å². The number of nitrogens with one attached hydrogen (secondary N) is 1. The van der Waals surface area contributed by atoms with E-state index in [2.05, 4.69) is 5.32 Å². The summed E-state index contributed by atoms with van der Waals surface area (Å²) in [5.74, 6) is 0.528. The van der Waals surface area contributed by atoms with E-state index in [1.807, 2.05) is 18.2 Å². The Morgan fingerprint density at radius 3 is 2.13 bits per heavy atom. The van der Waals surface area contributed by atoms with Crippen molar-refractivity contribution in [1.29, 1.82) is 5.26 Å². The first-order valence-corrected chi connectivity index (χ1v) is 13.1. The van der Waals surface area contributed by atoms with Crippen molar-refractivity contribution in [3.05, 3.63) is 127 Å². The van der Waals surface area contributed by atoms with Crippen LogP contribution in [0.25, 0.3) is 6.08 Å². The Kier molecular flexibility index (Phi) is 9.75. The molecule has 39 heavy (non-hydrogen) atoms. The van der Waals surface area contributed by atoms with E-state index in [0.29, 0.717) is 49.4 Å². The van der Waals surface area contributed by atoms with Crippen molar-refractivity contribution in [3.63, 3.8) is 0 Å². The maximum atomic E-state index is 12.7. The predicted octanol–water partition coefficient (Wildman–Crippen LogP) is 9.00. The molecule has 9 heteroatoms. The van der Waals surface area contributed by atoms with Crippen molar-refractivity contribution >= 4 is 64.1 Å². The minimum Gasteiger partial charge on any atom is -0.489 e. The quantitative estimate of drug-likeness (QED) is 0.154. The molecule has 0 radical (unpaired) electrons. The van der Waals surface area contributed by atoms with Gasteiger partial charge in [0.1, 0.15) is 36.4 Å². The second-order valence-corrected chi connectivity index (χ2v) is 9.95. The highest BCUT2D eigenvalue weighted by Gasteiger charge is 2.11. The lowest BCUT2D eigenvalue weighted by atomic mass is 10.1. The molecule has 0 aliphatic rings. The molecule has 4 rings (SSSR count). The number of halogens is 4. The topological polar surface area (TPSA) is 71.3 Å². The van der Waals surface area contributed by atoms with E-state index < -0.39 is 5.91 Å². The van der Waals surface area contributed by atoms with Crippen LogP contribution in [0.5, 0.6) is 11.5 Å². The zero-order valence-electron chi connectivity index (χ0n) is 20.3. The largest absolute Gasteiger partial charge is 0.489 e. The number of nitrogens with zero attached hydrogens (tertiary/aromatic N) is 1. The number of benzene rings is 4. The number of anilines is 1. The van der Waals surface area contributed by atoms with E-state index >= 15 is 0 Å². The molecule has 0 unspecified atom stereocenters. The van der Waals surface area contributed by atoms with Gasteiger partial charge in [-0.1, -0.05) is 70.7 Å². The van der Waals surface area contributed by atoms with E-state index in [1.54, 1.807) is 72.8 Å². The van der Waals surface area contributed by atoms with Crippen LogP contribution in [0.15, 0.2) is 90.5 Å². The second-order valence-electron chi connectivity index (χ2n) is 8.29. The number of amides is 1. The van der Waals surface area contributed by atoms with Crippen molar-refractivity contribution in [1.82, 2.24) is 0 Å². The van der Waals surface area contributed by atoms with Crippen molar-refractivity contribution in [2.45, 2.75) is 13.2 Å². The van der Waals surface area contributed by atoms with Gasteiger partial charge in [0, 0.05) is 10.7 Å². The third-order valence-corrected chi connectivity index (χ3v) is 6.73. The summed E-state index contributed by atoms with van der Waals surface area (Å²) in [6, 6.07) is 26.4. The normalized spacial score (nSPS) is 11.0. The molecule has 1 N–H and O–H groups in total. The molecule has 4 aromatic rings. The monoisotopic (exact) mass is 596 g/mol. The second kappa shape index (κ2) is 13.4. The number of nitriles is 1. The average Bonchev–Trinajstić information content (AvgIpc) is 2.93. The molecule has 5 nitrogen and oxygen atoms in total. The predicted molar refractivity (Wildman–Crippen MR) is 157 cm³/mol. The Bertz CT molecular complexity index is 1550. The van der Waals surface area contributed by atoms with Crippen molar-refractivity contribution in [2.24, 2.45) is 0 Å². The lowest BCUT2D eigenvalue weighted by Crippen LogP contribution is -2.13. The Morgan fingerprint density at radius 2 is 1.46 bits per heavy atom. The first kappa shape index (κ1) is 28.4. The van der Waals surface area contributed by atoms with Gasteiger partial charge < -0.3 is 14.8 Å². The molecule has 0 aliphatic carbocycles. The van der Waals surface area contributed by atoms with Crippen molar-refractivity contribution in [2.75, 3.05) is 5.32 Å². The molecule has 196 valence electrons. The molecule has 0 saturated heterocycles. The van der Waals surface area contributed by atoms with Gasteiger partial charge in [-0.3, -0.25) is 4.79 Å². The van der Waals surface area contributed by atoms with Crippen molar-refractivity contribution in [3.8, 4) is 17.6 Å². The lowest BCUT2D eigenvalue weighted by Gasteiger charge is -2.10. The summed E-state index contributed by atoms with van der Waals surface area (Å²) in [6.45, 7) is 0.620. The molecule has 0 spiro atoms. The average molecular weight is 598 g/mol.